The third-order valence-corrected chi connectivity index (χ3v) is 2.41. The number of aromatic nitrogens is 1. The Morgan fingerprint density at radius 2 is 2.64 bits per heavy atom. The van der Waals surface area contributed by atoms with Gasteiger partial charge in [0.15, 0.2) is 5.13 Å². The molecule has 11 heavy (non-hydrogen) atoms. The van der Waals surface area contributed by atoms with E-state index in [0.29, 0.717) is 6.54 Å². The van der Waals surface area contributed by atoms with Gasteiger partial charge in [-0.15, -0.1) is 11.3 Å². The SMILES string of the molecule is N[C@H]1CN(c2nccs2)C1=O. The van der Waals surface area contributed by atoms with Crippen molar-refractivity contribution in [3.63, 3.8) is 0 Å². The first-order chi connectivity index (χ1) is 5.29. The minimum absolute atomic E-state index is 0.0278. The maximum Gasteiger partial charge on any atom is 0.247 e. The molecule has 5 heteroatoms. The second-order valence-electron chi connectivity index (χ2n) is 2.37. The number of anilines is 1. The summed E-state index contributed by atoms with van der Waals surface area (Å²) in [5, 5.41) is 2.59. The minimum atomic E-state index is -0.307. The van der Waals surface area contributed by atoms with Gasteiger partial charge in [-0.2, -0.15) is 0 Å². The highest BCUT2D eigenvalue weighted by Crippen LogP contribution is 2.22. The number of hydrogen-bond donors (Lipinski definition) is 1. The number of β-lactam (4-membered cyclic amide) rings is 1. The molecule has 0 spiro atoms. The number of thiazole rings is 1. The lowest BCUT2D eigenvalue weighted by Gasteiger charge is -2.33. The smallest absolute Gasteiger partial charge is 0.247 e. The van der Waals surface area contributed by atoms with Crippen molar-refractivity contribution in [1.29, 1.82) is 0 Å². The molecule has 2 N–H and O–H groups in total. The molecule has 0 unspecified atom stereocenters. The molecule has 58 valence electrons. The molecule has 1 amide bonds. The van der Waals surface area contributed by atoms with Crippen LogP contribution in [0.5, 0.6) is 0 Å². The maximum absolute atomic E-state index is 11.0. The fourth-order valence-corrected chi connectivity index (χ4v) is 1.63. The Labute approximate surface area is 67.6 Å². The van der Waals surface area contributed by atoms with Crippen molar-refractivity contribution in [3.05, 3.63) is 11.6 Å². The Kier molecular flexibility index (Phi) is 1.40. The summed E-state index contributed by atoms with van der Waals surface area (Å²) in [6, 6.07) is -0.307. The molecule has 1 fully saturated rings. The molecule has 1 aromatic rings. The van der Waals surface area contributed by atoms with Gasteiger partial charge in [0.2, 0.25) is 5.91 Å². The number of nitrogens with zero attached hydrogens (tertiary/aromatic N) is 2. The highest BCUT2D eigenvalue weighted by molar-refractivity contribution is 7.13. The summed E-state index contributed by atoms with van der Waals surface area (Å²) in [5.74, 6) is -0.0278. The first-order valence-corrected chi connectivity index (χ1v) is 4.13. The molecule has 1 atom stereocenters. The van der Waals surface area contributed by atoms with Crippen LogP contribution in [0.15, 0.2) is 11.6 Å². The highest BCUT2D eigenvalue weighted by Gasteiger charge is 2.35. The number of nitrogens with two attached hydrogens (primary N) is 1. The third-order valence-electron chi connectivity index (χ3n) is 1.61. The Morgan fingerprint density at radius 3 is 3.09 bits per heavy atom. The summed E-state index contributed by atoms with van der Waals surface area (Å²) >= 11 is 1.45. The van der Waals surface area contributed by atoms with E-state index in [2.05, 4.69) is 4.98 Å². The third kappa shape index (κ3) is 0.928. The summed E-state index contributed by atoms with van der Waals surface area (Å²) in [5.41, 5.74) is 5.40. The van der Waals surface area contributed by atoms with E-state index >= 15 is 0 Å². The van der Waals surface area contributed by atoms with Gasteiger partial charge in [-0.05, 0) is 0 Å². The molecule has 2 rings (SSSR count). The van der Waals surface area contributed by atoms with Crippen molar-refractivity contribution in [2.24, 2.45) is 5.73 Å². The van der Waals surface area contributed by atoms with Crippen molar-refractivity contribution in [2.75, 3.05) is 11.4 Å². The second kappa shape index (κ2) is 2.28. The fraction of sp³-hybridized carbons (Fsp3) is 0.333. The normalized spacial score (nSPS) is 23.5. The van der Waals surface area contributed by atoms with Crippen molar-refractivity contribution in [3.8, 4) is 0 Å². The summed E-state index contributed by atoms with van der Waals surface area (Å²) in [6.07, 6.45) is 1.68. The molecule has 1 aromatic heterocycles. The number of carbonyl (C=O) groups is 1. The molecular weight excluding hydrogens is 162 g/mol. The van der Waals surface area contributed by atoms with Crippen molar-refractivity contribution >= 4 is 22.4 Å². The molecule has 1 aliphatic rings. The zero-order valence-corrected chi connectivity index (χ0v) is 6.54. The minimum Gasteiger partial charge on any atom is -0.318 e. The summed E-state index contributed by atoms with van der Waals surface area (Å²) < 4.78 is 0. The van der Waals surface area contributed by atoms with Crippen LogP contribution in [0.4, 0.5) is 5.13 Å². The van der Waals surface area contributed by atoms with E-state index in [1.807, 2.05) is 5.38 Å². The first kappa shape index (κ1) is 6.75. The van der Waals surface area contributed by atoms with Crippen LogP contribution in [0.1, 0.15) is 0 Å². The first-order valence-electron chi connectivity index (χ1n) is 3.25. The predicted molar refractivity (Wildman–Crippen MR) is 42.4 cm³/mol. The zero-order chi connectivity index (χ0) is 7.84. The van der Waals surface area contributed by atoms with Gasteiger partial charge in [0.1, 0.15) is 6.04 Å². The lowest BCUT2D eigenvalue weighted by Crippen LogP contribution is -2.61. The molecule has 0 saturated carbocycles. The van der Waals surface area contributed by atoms with E-state index < -0.39 is 0 Å². The number of amides is 1. The number of hydrogen-bond acceptors (Lipinski definition) is 4. The van der Waals surface area contributed by atoms with Gasteiger partial charge >= 0.3 is 0 Å². The van der Waals surface area contributed by atoms with Gasteiger partial charge in [0.25, 0.3) is 0 Å². The predicted octanol–water partition coefficient (Wildman–Crippen LogP) is -0.183. The van der Waals surface area contributed by atoms with E-state index in [1.54, 1.807) is 11.1 Å². The Balaban J connectivity index is 2.16. The topological polar surface area (TPSA) is 59.2 Å². The number of carbonyl (C=O) groups excluding carboxylic acids is 1. The molecule has 0 aromatic carbocycles. The van der Waals surface area contributed by atoms with Gasteiger partial charge in [-0.1, -0.05) is 0 Å². The van der Waals surface area contributed by atoms with Crippen LogP contribution in [-0.4, -0.2) is 23.5 Å². The monoisotopic (exact) mass is 169 g/mol. The van der Waals surface area contributed by atoms with Crippen molar-refractivity contribution in [2.45, 2.75) is 6.04 Å². The average molecular weight is 169 g/mol. The molecule has 0 radical (unpaired) electrons. The molecular formula is C6H7N3OS. The van der Waals surface area contributed by atoms with Crippen LogP contribution in [0.3, 0.4) is 0 Å². The summed E-state index contributed by atoms with van der Waals surface area (Å²) in [6.45, 7) is 0.604. The van der Waals surface area contributed by atoms with Gasteiger partial charge in [-0.25, -0.2) is 4.98 Å². The van der Waals surface area contributed by atoms with E-state index in [-0.39, 0.29) is 11.9 Å². The van der Waals surface area contributed by atoms with E-state index in [1.165, 1.54) is 11.3 Å². The molecule has 4 nitrogen and oxygen atoms in total. The van der Waals surface area contributed by atoms with Crippen LogP contribution >= 0.6 is 11.3 Å². The molecule has 0 bridgehead atoms. The second-order valence-corrected chi connectivity index (χ2v) is 3.24. The fourth-order valence-electron chi connectivity index (χ4n) is 0.974. The van der Waals surface area contributed by atoms with E-state index in [9.17, 15) is 4.79 Å². The summed E-state index contributed by atoms with van der Waals surface area (Å²) in [7, 11) is 0. The standard InChI is InChI=1S/C6H7N3OS/c7-4-3-9(5(4)10)6-8-1-2-11-6/h1-2,4H,3,7H2/t4-/m0/s1. The van der Waals surface area contributed by atoms with E-state index in [4.69, 9.17) is 5.73 Å². The van der Waals surface area contributed by atoms with Crippen LogP contribution in [-0.2, 0) is 4.79 Å². The average Bonchev–Trinajstić information content (AvgIpc) is 2.51. The largest absolute Gasteiger partial charge is 0.318 e. The Bertz CT molecular complexity index is 271. The molecule has 1 saturated heterocycles. The van der Waals surface area contributed by atoms with Crippen molar-refractivity contribution in [1.82, 2.24) is 4.98 Å². The van der Waals surface area contributed by atoms with E-state index in [0.717, 1.165) is 5.13 Å². The lowest BCUT2D eigenvalue weighted by atomic mass is 10.1. The van der Waals surface area contributed by atoms with Crippen LogP contribution < -0.4 is 10.6 Å². The van der Waals surface area contributed by atoms with Crippen LogP contribution in [0, 0.1) is 0 Å². The van der Waals surface area contributed by atoms with Gasteiger partial charge in [0.05, 0.1) is 6.54 Å². The molecule has 0 aliphatic carbocycles. The van der Waals surface area contributed by atoms with Gasteiger partial charge < -0.3 is 5.73 Å². The molecule has 1 aliphatic heterocycles. The maximum atomic E-state index is 11.0. The van der Waals surface area contributed by atoms with Crippen LogP contribution in [0.2, 0.25) is 0 Å². The zero-order valence-electron chi connectivity index (χ0n) is 5.73. The summed E-state index contributed by atoms with van der Waals surface area (Å²) in [4.78, 5) is 16.6. The highest BCUT2D eigenvalue weighted by atomic mass is 32.1. The Morgan fingerprint density at radius 1 is 1.82 bits per heavy atom. The van der Waals surface area contributed by atoms with Gasteiger partial charge in [0, 0.05) is 11.6 Å². The van der Waals surface area contributed by atoms with Crippen LogP contribution in [0.25, 0.3) is 0 Å². The Hall–Kier alpha value is -0.940. The lowest BCUT2D eigenvalue weighted by molar-refractivity contribution is -0.123. The van der Waals surface area contributed by atoms with Gasteiger partial charge in [-0.3, -0.25) is 9.69 Å². The molecule has 2 heterocycles. The number of rotatable bonds is 1. The quantitative estimate of drug-likeness (QED) is 0.593. The van der Waals surface area contributed by atoms with Crippen molar-refractivity contribution < 1.29 is 4.79 Å².